The molecule has 0 fully saturated rings. The van der Waals surface area contributed by atoms with E-state index in [1.807, 2.05) is 0 Å². The molecule has 1 heterocycles. The van der Waals surface area contributed by atoms with Crippen LogP contribution < -0.4 is 9.47 Å². The van der Waals surface area contributed by atoms with Gasteiger partial charge in [-0.15, -0.1) is 0 Å². The fourth-order valence-corrected chi connectivity index (χ4v) is 2.26. The third kappa shape index (κ3) is 1.96. The molecule has 0 amide bonds. The molecule has 0 spiro atoms. The van der Waals surface area contributed by atoms with Crippen LogP contribution in [-0.2, 0) is 0 Å². The molecule has 1 aliphatic heterocycles. The Morgan fingerprint density at radius 2 is 2.00 bits per heavy atom. The Morgan fingerprint density at radius 3 is 2.78 bits per heavy atom. The van der Waals surface area contributed by atoms with Gasteiger partial charge in [0, 0.05) is 17.2 Å². The molecule has 2 nitrogen and oxygen atoms in total. The average Bonchev–Trinajstić information content (AvgIpc) is 2.28. The number of allylic oxidation sites excluding steroid dienone is 2. The van der Waals surface area contributed by atoms with Crippen molar-refractivity contribution in [3.05, 3.63) is 46.2 Å². The number of halogens is 4. The molecule has 3 rings (SSSR count). The van der Waals surface area contributed by atoms with Crippen molar-refractivity contribution >= 4 is 34.8 Å². The van der Waals surface area contributed by atoms with Gasteiger partial charge in [0.2, 0.25) is 5.13 Å². The highest BCUT2D eigenvalue weighted by Crippen LogP contribution is 2.43. The molecule has 0 bridgehead atoms. The summed E-state index contributed by atoms with van der Waals surface area (Å²) >= 11 is 17.2. The summed E-state index contributed by atoms with van der Waals surface area (Å²) < 4.78 is 24.9. The van der Waals surface area contributed by atoms with E-state index >= 15 is 0 Å². The largest absolute Gasteiger partial charge is 0.474 e. The Balaban J connectivity index is 2.03. The van der Waals surface area contributed by atoms with Crippen LogP contribution >= 0.6 is 34.8 Å². The van der Waals surface area contributed by atoms with Gasteiger partial charge in [0.1, 0.15) is 5.76 Å². The third-order valence-electron chi connectivity index (χ3n) is 2.61. The molecule has 2 atom stereocenters. The first-order chi connectivity index (χ1) is 8.45. The van der Waals surface area contributed by atoms with Crippen LogP contribution in [0.15, 0.2) is 41.1 Å². The fraction of sp³-hybridized carbons (Fsp3) is 0.167. The lowest BCUT2D eigenvalue weighted by atomic mass is 10.1. The predicted molar refractivity (Wildman–Crippen MR) is 68.2 cm³/mol. The summed E-state index contributed by atoms with van der Waals surface area (Å²) in [4.78, 5) is 0. The highest BCUT2D eigenvalue weighted by atomic mass is 35.5. The van der Waals surface area contributed by atoms with E-state index in [4.69, 9.17) is 44.3 Å². The number of hydrogen-bond donors (Lipinski definition) is 0. The fourth-order valence-electron chi connectivity index (χ4n) is 1.76. The molecule has 94 valence electrons. The van der Waals surface area contributed by atoms with Gasteiger partial charge in [-0.2, -0.15) is 0 Å². The van der Waals surface area contributed by atoms with Gasteiger partial charge in [-0.1, -0.05) is 34.8 Å². The van der Waals surface area contributed by atoms with E-state index in [2.05, 4.69) is 0 Å². The van der Waals surface area contributed by atoms with E-state index in [-0.39, 0.29) is 10.8 Å². The Bertz CT molecular complexity index is 581. The van der Waals surface area contributed by atoms with Crippen molar-refractivity contribution in [1.82, 2.24) is 0 Å². The number of rotatable bonds is 0. The van der Waals surface area contributed by atoms with Crippen molar-refractivity contribution in [1.29, 1.82) is 0 Å². The maximum absolute atomic E-state index is 13.8. The number of benzene rings is 1. The highest BCUT2D eigenvalue weighted by Gasteiger charge is 2.39. The topological polar surface area (TPSA) is 18.5 Å². The molecule has 18 heavy (non-hydrogen) atoms. The van der Waals surface area contributed by atoms with Crippen LogP contribution in [0.5, 0.6) is 11.5 Å². The molecule has 1 aromatic carbocycles. The van der Waals surface area contributed by atoms with Gasteiger partial charge in [-0.25, -0.2) is 4.39 Å². The van der Waals surface area contributed by atoms with Crippen LogP contribution in [-0.4, -0.2) is 11.2 Å². The molecule has 0 radical (unpaired) electrons. The van der Waals surface area contributed by atoms with Crippen LogP contribution in [0.2, 0.25) is 5.02 Å². The normalized spacial score (nSPS) is 29.2. The monoisotopic (exact) mass is 306 g/mol. The van der Waals surface area contributed by atoms with Gasteiger partial charge >= 0.3 is 0 Å². The summed E-state index contributed by atoms with van der Waals surface area (Å²) in [6.07, 6.45) is 1.87. The van der Waals surface area contributed by atoms with E-state index in [1.54, 1.807) is 18.2 Å². The first kappa shape index (κ1) is 12.2. The van der Waals surface area contributed by atoms with E-state index in [0.717, 1.165) is 6.08 Å². The summed E-state index contributed by atoms with van der Waals surface area (Å²) in [6.45, 7) is 0. The molecule has 0 saturated heterocycles. The van der Waals surface area contributed by atoms with Gasteiger partial charge in [0.15, 0.2) is 17.6 Å². The van der Waals surface area contributed by atoms with Gasteiger partial charge in [-0.05, 0) is 18.2 Å². The first-order valence-corrected chi connectivity index (χ1v) is 6.21. The van der Waals surface area contributed by atoms with E-state index in [9.17, 15) is 4.39 Å². The number of ether oxygens (including phenoxy) is 2. The maximum Gasteiger partial charge on any atom is 0.241 e. The van der Waals surface area contributed by atoms with Crippen molar-refractivity contribution in [2.45, 2.75) is 11.2 Å². The lowest BCUT2D eigenvalue weighted by molar-refractivity contribution is 0.171. The molecule has 0 aromatic heterocycles. The standard InChI is InChI=1S/C12H6Cl3FO2/c13-6-1-2-7-8(3-6)18-9-4-11(14)12(15,16)5-10(9)17-7/h1-5,9H. The zero-order valence-corrected chi connectivity index (χ0v) is 11.1. The molecular formula is C12H6Cl3FO2. The lowest BCUT2D eigenvalue weighted by Crippen LogP contribution is -2.32. The first-order valence-electron chi connectivity index (χ1n) is 5.08. The zero-order valence-electron chi connectivity index (χ0n) is 8.79. The second-order valence-electron chi connectivity index (χ2n) is 3.92. The van der Waals surface area contributed by atoms with Crippen LogP contribution in [0, 0.1) is 0 Å². The second kappa shape index (κ2) is 4.05. The molecule has 0 saturated carbocycles. The number of fused-ring (bicyclic) bond motifs is 2. The highest BCUT2D eigenvalue weighted by molar-refractivity contribution is 6.39. The Hall–Kier alpha value is -0.900. The quantitative estimate of drug-likeness (QED) is 0.661. The summed E-state index contributed by atoms with van der Waals surface area (Å²) in [5.74, 6) is 1.21. The van der Waals surface area contributed by atoms with E-state index in [0.29, 0.717) is 16.5 Å². The number of alkyl halides is 2. The average molecular weight is 308 g/mol. The number of hydrogen-bond acceptors (Lipinski definition) is 2. The Morgan fingerprint density at radius 1 is 1.22 bits per heavy atom. The summed E-state index contributed by atoms with van der Waals surface area (Å²) in [7, 11) is 0. The third-order valence-corrected chi connectivity index (χ3v) is 3.65. The minimum Gasteiger partial charge on any atom is -0.474 e. The van der Waals surface area contributed by atoms with Gasteiger partial charge in [0.25, 0.3) is 0 Å². The molecule has 1 aliphatic carbocycles. The molecule has 2 aliphatic rings. The molecule has 2 unspecified atom stereocenters. The maximum atomic E-state index is 13.8. The van der Waals surface area contributed by atoms with E-state index in [1.165, 1.54) is 6.08 Å². The Kier molecular flexibility index (Phi) is 2.73. The summed E-state index contributed by atoms with van der Waals surface area (Å²) in [5.41, 5.74) is 0. The SMILES string of the molecule is FC1(Cl)C=C2Oc3ccc(Cl)cc3OC2C=C1Cl. The van der Waals surface area contributed by atoms with Crippen LogP contribution in [0.4, 0.5) is 4.39 Å². The van der Waals surface area contributed by atoms with Gasteiger partial charge in [0.05, 0.1) is 5.03 Å². The molecule has 6 heteroatoms. The van der Waals surface area contributed by atoms with Gasteiger partial charge < -0.3 is 9.47 Å². The smallest absolute Gasteiger partial charge is 0.241 e. The van der Waals surface area contributed by atoms with Crippen molar-refractivity contribution in [2.24, 2.45) is 0 Å². The second-order valence-corrected chi connectivity index (χ2v) is 5.31. The zero-order chi connectivity index (χ0) is 12.9. The Labute approximate surface area is 118 Å². The van der Waals surface area contributed by atoms with Crippen molar-refractivity contribution in [3.8, 4) is 11.5 Å². The predicted octanol–water partition coefficient (Wildman–Crippen LogP) is 4.40. The van der Waals surface area contributed by atoms with Crippen molar-refractivity contribution in [2.75, 3.05) is 0 Å². The minimum absolute atomic E-state index is 0.146. The van der Waals surface area contributed by atoms with Gasteiger partial charge in [-0.3, -0.25) is 0 Å². The van der Waals surface area contributed by atoms with Crippen molar-refractivity contribution in [3.63, 3.8) is 0 Å². The summed E-state index contributed by atoms with van der Waals surface area (Å²) in [6, 6.07) is 4.91. The van der Waals surface area contributed by atoms with Crippen LogP contribution in [0.3, 0.4) is 0 Å². The lowest BCUT2D eigenvalue weighted by Gasteiger charge is -2.31. The van der Waals surface area contributed by atoms with E-state index < -0.39 is 11.2 Å². The molecule has 1 aromatic rings. The summed E-state index contributed by atoms with van der Waals surface area (Å²) in [5, 5.41) is -1.87. The molecular weight excluding hydrogens is 301 g/mol. The molecule has 0 N–H and O–H groups in total. The van der Waals surface area contributed by atoms with Crippen LogP contribution in [0.25, 0.3) is 0 Å². The van der Waals surface area contributed by atoms with Crippen molar-refractivity contribution < 1.29 is 13.9 Å². The minimum atomic E-state index is -2.25. The van der Waals surface area contributed by atoms with Crippen LogP contribution in [0.1, 0.15) is 0 Å².